The SMILES string of the molecule is Cc1ccc(C(C)C)cc1CC(C)(C)C#N. The molecule has 0 aliphatic heterocycles. The van der Waals surface area contributed by atoms with E-state index in [1.54, 1.807) is 0 Å². The Morgan fingerprint density at radius 1 is 1.31 bits per heavy atom. The highest BCUT2D eigenvalue weighted by atomic mass is 14.3. The Hall–Kier alpha value is -1.29. The summed E-state index contributed by atoms with van der Waals surface area (Å²) in [7, 11) is 0. The summed E-state index contributed by atoms with van der Waals surface area (Å²) >= 11 is 0. The maximum absolute atomic E-state index is 9.07. The quantitative estimate of drug-likeness (QED) is 0.741. The van der Waals surface area contributed by atoms with Crippen LogP contribution in [0.3, 0.4) is 0 Å². The molecule has 0 spiro atoms. The highest BCUT2D eigenvalue weighted by Gasteiger charge is 2.18. The molecule has 1 aromatic carbocycles. The molecule has 0 aromatic heterocycles. The summed E-state index contributed by atoms with van der Waals surface area (Å²) in [6.45, 7) is 10.5. The lowest BCUT2D eigenvalue weighted by atomic mass is 9.84. The van der Waals surface area contributed by atoms with Crippen molar-refractivity contribution in [3.05, 3.63) is 34.9 Å². The fraction of sp³-hybridized carbons (Fsp3) is 0.533. The molecule has 0 atom stereocenters. The summed E-state index contributed by atoms with van der Waals surface area (Å²) in [5.41, 5.74) is 3.67. The van der Waals surface area contributed by atoms with Gasteiger partial charge in [-0.05, 0) is 49.8 Å². The number of benzene rings is 1. The van der Waals surface area contributed by atoms with E-state index >= 15 is 0 Å². The standard InChI is InChI=1S/C15H21N/c1-11(2)13-7-6-12(3)14(8-13)9-15(4,5)10-16/h6-8,11H,9H2,1-5H3. The van der Waals surface area contributed by atoms with Crippen molar-refractivity contribution in [2.75, 3.05) is 0 Å². The summed E-state index contributed by atoms with van der Waals surface area (Å²) in [6.07, 6.45) is 0.829. The van der Waals surface area contributed by atoms with E-state index in [2.05, 4.69) is 45.0 Å². The van der Waals surface area contributed by atoms with Crippen molar-refractivity contribution in [1.29, 1.82) is 5.26 Å². The molecule has 0 fully saturated rings. The lowest BCUT2D eigenvalue weighted by Gasteiger charge is -2.18. The van der Waals surface area contributed by atoms with Gasteiger partial charge < -0.3 is 0 Å². The number of nitrogens with zero attached hydrogens (tertiary/aromatic N) is 1. The van der Waals surface area contributed by atoms with Crippen LogP contribution in [0, 0.1) is 23.7 Å². The summed E-state index contributed by atoms with van der Waals surface area (Å²) in [6, 6.07) is 8.96. The van der Waals surface area contributed by atoms with E-state index in [1.807, 2.05) is 13.8 Å². The Bertz CT molecular complexity index is 408. The molecule has 16 heavy (non-hydrogen) atoms. The van der Waals surface area contributed by atoms with E-state index in [0.717, 1.165) is 6.42 Å². The van der Waals surface area contributed by atoms with E-state index in [0.29, 0.717) is 5.92 Å². The molecular formula is C15H21N. The van der Waals surface area contributed by atoms with Crippen LogP contribution in [0.4, 0.5) is 0 Å². The van der Waals surface area contributed by atoms with Gasteiger partial charge >= 0.3 is 0 Å². The molecule has 0 aliphatic rings. The van der Waals surface area contributed by atoms with Crippen LogP contribution in [0.2, 0.25) is 0 Å². The molecule has 0 N–H and O–H groups in total. The summed E-state index contributed by atoms with van der Waals surface area (Å²) in [5, 5.41) is 9.07. The minimum Gasteiger partial charge on any atom is -0.198 e. The van der Waals surface area contributed by atoms with Crippen molar-refractivity contribution in [2.24, 2.45) is 5.41 Å². The largest absolute Gasteiger partial charge is 0.198 e. The number of hydrogen-bond acceptors (Lipinski definition) is 1. The normalized spacial score (nSPS) is 11.6. The minimum atomic E-state index is -0.277. The zero-order chi connectivity index (χ0) is 12.3. The summed E-state index contributed by atoms with van der Waals surface area (Å²) < 4.78 is 0. The first-order chi connectivity index (χ1) is 7.35. The first-order valence-corrected chi connectivity index (χ1v) is 5.86. The Morgan fingerprint density at radius 2 is 1.94 bits per heavy atom. The van der Waals surface area contributed by atoms with Gasteiger partial charge in [0.2, 0.25) is 0 Å². The molecule has 1 nitrogen and oxygen atoms in total. The second-order valence-electron chi connectivity index (χ2n) is 5.51. The Morgan fingerprint density at radius 3 is 2.44 bits per heavy atom. The third-order valence-corrected chi connectivity index (χ3v) is 2.97. The smallest absolute Gasteiger partial charge is 0.0687 e. The molecule has 1 aromatic rings. The van der Waals surface area contributed by atoms with Crippen LogP contribution in [0.1, 0.15) is 50.3 Å². The van der Waals surface area contributed by atoms with E-state index in [-0.39, 0.29) is 5.41 Å². The third-order valence-electron chi connectivity index (χ3n) is 2.97. The average Bonchev–Trinajstić information content (AvgIpc) is 2.21. The number of nitriles is 1. The molecule has 0 saturated carbocycles. The first-order valence-electron chi connectivity index (χ1n) is 5.86. The predicted octanol–water partition coefficient (Wildman–Crippen LogP) is 4.21. The van der Waals surface area contributed by atoms with Gasteiger partial charge in [0.25, 0.3) is 0 Å². The van der Waals surface area contributed by atoms with Crippen LogP contribution in [-0.4, -0.2) is 0 Å². The molecule has 1 rings (SSSR count). The van der Waals surface area contributed by atoms with Gasteiger partial charge in [-0.15, -0.1) is 0 Å². The van der Waals surface area contributed by atoms with Crippen LogP contribution in [0.25, 0.3) is 0 Å². The minimum absolute atomic E-state index is 0.277. The van der Waals surface area contributed by atoms with Crippen molar-refractivity contribution in [2.45, 2.75) is 47.0 Å². The Labute approximate surface area is 99.1 Å². The Balaban J connectivity index is 3.05. The number of rotatable bonds is 3. The summed E-state index contributed by atoms with van der Waals surface area (Å²) in [5.74, 6) is 0.546. The van der Waals surface area contributed by atoms with E-state index in [9.17, 15) is 0 Å². The zero-order valence-electron chi connectivity index (χ0n) is 11.0. The van der Waals surface area contributed by atoms with Crippen LogP contribution >= 0.6 is 0 Å². The van der Waals surface area contributed by atoms with Gasteiger partial charge in [-0.1, -0.05) is 32.0 Å². The molecule has 1 heteroatoms. The van der Waals surface area contributed by atoms with Crippen LogP contribution in [0.5, 0.6) is 0 Å². The number of aryl methyl sites for hydroxylation is 1. The number of hydrogen-bond donors (Lipinski definition) is 0. The van der Waals surface area contributed by atoms with Gasteiger partial charge in [-0.25, -0.2) is 0 Å². The molecule has 0 amide bonds. The molecule has 86 valence electrons. The molecule has 0 heterocycles. The topological polar surface area (TPSA) is 23.8 Å². The van der Waals surface area contributed by atoms with Gasteiger partial charge in [-0.2, -0.15) is 5.26 Å². The maximum Gasteiger partial charge on any atom is 0.0687 e. The fourth-order valence-electron chi connectivity index (χ4n) is 1.76. The van der Waals surface area contributed by atoms with Crippen LogP contribution in [-0.2, 0) is 6.42 Å². The molecule has 0 saturated heterocycles. The molecular weight excluding hydrogens is 194 g/mol. The summed E-state index contributed by atoms with van der Waals surface area (Å²) in [4.78, 5) is 0. The molecule has 0 bridgehead atoms. The second kappa shape index (κ2) is 4.70. The van der Waals surface area contributed by atoms with Crippen molar-refractivity contribution < 1.29 is 0 Å². The van der Waals surface area contributed by atoms with Crippen molar-refractivity contribution in [3.8, 4) is 6.07 Å². The van der Waals surface area contributed by atoms with E-state index in [1.165, 1.54) is 16.7 Å². The van der Waals surface area contributed by atoms with Crippen molar-refractivity contribution >= 4 is 0 Å². The fourth-order valence-corrected chi connectivity index (χ4v) is 1.76. The predicted molar refractivity (Wildman–Crippen MR) is 68.4 cm³/mol. The molecule has 0 unspecified atom stereocenters. The second-order valence-corrected chi connectivity index (χ2v) is 5.51. The van der Waals surface area contributed by atoms with E-state index < -0.39 is 0 Å². The van der Waals surface area contributed by atoms with Gasteiger partial charge in [0.15, 0.2) is 0 Å². The van der Waals surface area contributed by atoms with E-state index in [4.69, 9.17) is 5.26 Å². The average molecular weight is 215 g/mol. The van der Waals surface area contributed by atoms with Crippen molar-refractivity contribution in [3.63, 3.8) is 0 Å². The zero-order valence-corrected chi connectivity index (χ0v) is 11.0. The van der Waals surface area contributed by atoms with Gasteiger partial charge in [0, 0.05) is 0 Å². The molecule has 0 radical (unpaired) electrons. The maximum atomic E-state index is 9.07. The third kappa shape index (κ3) is 3.10. The first kappa shape index (κ1) is 12.8. The van der Waals surface area contributed by atoms with Crippen LogP contribution < -0.4 is 0 Å². The highest BCUT2D eigenvalue weighted by Crippen LogP contribution is 2.25. The van der Waals surface area contributed by atoms with Crippen LogP contribution in [0.15, 0.2) is 18.2 Å². The monoisotopic (exact) mass is 215 g/mol. The van der Waals surface area contributed by atoms with Gasteiger partial charge in [-0.3, -0.25) is 0 Å². The Kier molecular flexibility index (Phi) is 3.75. The lowest BCUT2D eigenvalue weighted by Crippen LogP contribution is -2.13. The highest BCUT2D eigenvalue weighted by molar-refractivity contribution is 5.34. The van der Waals surface area contributed by atoms with Gasteiger partial charge in [0.05, 0.1) is 11.5 Å². The van der Waals surface area contributed by atoms with Crippen molar-refractivity contribution in [1.82, 2.24) is 0 Å². The molecule has 0 aliphatic carbocycles. The lowest BCUT2D eigenvalue weighted by molar-refractivity contribution is 0.492. The van der Waals surface area contributed by atoms with Gasteiger partial charge in [0.1, 0.15) is 0 Å².